The van der Waals surface area contributed by atoms with Gasteiger partial charge in [0, 0.05) is 11.0 Å². The van der Waals surface area contributed by atoms with Crippen LogP contribution in [0.1, 0.15) is 0 Å². The molecular formula is C6H8NO2P. The molecule has 0 spiro atoms. The average molecular weight is 157 g/mol. The number of nitrogen functional groups attached to an aromatic ring is 1. The van der Waals surface area contributed by atoms with Gasteiger partial charge in [0.05, 0.1) is 0 Å². The molecule has 3 nitrogen and oxygen atoms in total. The van der Waals surface area contributed by atoms with E-state index in [1.807, 2.05) is 0 Å². The summed E-state index contributed by atoms with van der Waals surface area (Å²) in [5, 5.41) is 0.481. The summed E-state index contributed by atoms with van der Waals surface area (Å²) >= 11 is 0. The third kappa shape index (κ3) is 1.67. The first-order chi connectivity index (χ1) is 4.70. The zero-order valence-electron chi connectivity index (χ0n) is 5.23. The third-order valence-electron chi connectivity index (χ3n) is 1.10. The molecule has 1 aromatic rings. The Labute approximate surface area is 60.0 Å². The Bertz CT molecular complexity index is 227. The van der Waals surface area contributed by atoms with Crippen molar-refractivity contribution in [3.63, 3.8) is 0 Å². The van der Waals surface area contributed by atoms with E-state index in [-0.39, 0.29) is 0 Å². The van der Waals surface area contributed by atoms with Gasteiger partial charge in [-0.15, -0.1) is 0 Å². The second kappa shape index (κ2) is 2.97. The molecule has 1 aromatic carbocycles. The van der Waals surface area contributed by atoms with Gasteiger partial charge in [0.2, 0.25) is 0 Å². The summed E-state index contributed by atoms with van der Waals surface area (Å²) in [6.07, 6.45) is 0. The average Bonchev–Trinajstić information content (AvgIpc) is 1.88. The van der Waals surface area contributed by atoms with Gasteiger partial charge >= 0.3 is 0 Å². The van der Waals surface area contributed by atoms with Crippen molar-refractivity contribution in [3.05, 3.63) is 24.3 Å². The van der Waals surface area contributed by atoms with Crippen molar-refractivity contribution in [1.82, 2.24) is 0 Å². The molecule has 0 heterocycles. The van der Waals surface area contributed by atoms with E-state index in [9.17, 15) is 0 Å². The second-order valence-corrected chi connectivity index (χ2v) is 2.98. The lowest BCUT2D eigenvalue weighted by atomic mass is 10.3. The van der Waals surface area contributed by atoms with Crippen LogP contribution in [0.3, 0.4) is 0 Å². The minimum atomic E-state index is -1.99. The van der Waals surface area contributed by atoms with Crippen LogP contribution in [-0.4, -0.2) is 9.79 Å². The van der Waals surface area contributed by atoms with E-state index in [1.54, 1.807) is 24.3 Å². The van der Waals surface area contributed by atoms with E-state index < -0.39 is 8.38 Å². The van der Waals surface area contributed by atoms with Crippen molar-refractivity contribution in [2.75, 3.05) is 5.73 Å². The molecule has 0 fully saturated rings. The SMILES string of the molecule is Nc1cccc(P(O)O)c1. The highest BCUT2D eigenvalue weighted by Crippen LogP contribution is 2.22. The summed E-state index contributed by atoms with van der Waals surface area (Å²) in [7, 11) is -1.99. The summed E-state index contributed by atoms with van der Waals surface area (Å²) in [4.78, 5) is 17.4. The lowest BCUT2D eigenvalue weighted by Gasteiger charge is -2.01. The second-order valence-electron chi connectivity index (χ2n) is 1.88. The van der Waals surface area contributed by atoms with Gasteiger partial charge in [-0.1, -0.05) is 6.07 Å². The van der Waals surface area contributed by atoms with Crippen LogP contribution in [0.5, 0.6) is 0 Å². The van der Waals surface area contributed by atoms with Crippen LogP contribution in [0.4, 0.5) is 5.69 Å². The van der Waals surface area contributed by atoms with Crippen LogP contribution in [0.15, 0.2) is 24.3 Å². The maximum atomic E-state index is 8.71. The third-order valence-corrected chi connectivity index (χ3v) is 1.84. The van der Waals surface area contributed by atoms with Gasteiger partial charge in [-0.3, -0.25) is 0 Å². The van der Waals surface area contributed by atoms with E-state index in [2.05, 4.69) is 0 Å². The monoisotopic (exact) mass is 157 g/mol. The van der Waals surface area contributed by atoms with Crippen LogP contribution < -0.4 is 11.0 Å². The fraction of sp³-hybridized carbons (Fsp3) is 0. The van der Waals surface area contributed by atoms with Crippen molar-refractivity contribution in [3.8, 4) is 0 Å². The first-order valence-electron chi connectivity index (χ1n) is 2.73. The van der Waals surface area contributed by atoms with E-state index in [4.69, 9.17) is 15.5 Å². The lowest BCUT2D eigenvalue weighted by molar-refractivity contribution is 0.497. The van der Waals surface area contributed by atoms with Crippen LogP contribution in [0.25, 0.3) is 0 Å². The highest BCUT2D eigenvalue weighted by atomic mass is 31.2. The van der Waals surface area contributed by atoms with Crippen molar-refractivity contribution < 1.29 is 9.79 Å². The molecule has 0 bridgehead atoms. The highest BCUT2D eigenvalue weighted by molar-refractivity contribution is 7.54. The van der Waals surface area contributed by atoms with Crippen molar-refractivity contribution >= 4 is 19.4 Å². The summed E-state index contributed by atoms with van der Waals surface area (Å²) in [6, 6.07) is 6.56. The molecule has 0 aliphatic heterocycles. The lowest BCUT2D eigenvalue weighted by Crippen LogP contribution is -2.00. The van der Waals surface area contributed by atoms with Gasteiger partial charge in [-0.05, 0) is 18.2 Å². The Morgan fingerprint density at radius 1 is 1.30 bits per heavy atom. The molecule has 0 amide bonds. The molecule has 0 saturated heterocycles. The van der Waals surface area contributed by atoms with E-state index in [0.29, 0.717) is 11.0 Å². The van der Waals surface area contributed by atoms with Crippen LogP contribution in [0, 0.1) is 0 Å². The molecular weight excluding hydrogens is 149 g/mol. The normalized spacial score (nSPS) is 10.3. The first-order valence-corrected chi connectivity index (χ1v) is 3.98. The predicted octanol–water partition coefficient (Wildman–Crippen LogP) is 0.191. The standard InChI is InChI=1S/C6H8NO2P/c7-5-2-1-3-6(4-5)10(8)9/h1-4,8-9H,7H2. The predicted molar refractivity (Wildman–Crippen MR) is 41.8 cm³/mol. The maximum Gasteiger partial charge on any atom is 0.199 e. The van der Waals surface area contributed by atoms with Crippen LogP contribution in [0.2, 0.25) is 0 Å². The molecule has 0 aliphatic carbocycles. The highest BCUT2D eigenvalue weighted by Gasteiger charge is 2.01. The summed E-state index contributed by atoms with van der Waals surface area (Å²) < 4.78 is 0. The molecule has 0 radical (unpaired) electrons. The van der Waals surface area contributed by atoms with Gasteiger partial charge in [0.15, 0.2) is 8.38 Å². The number of nitrogens with two attached hydrogens (primary N) is 1. The summed E-state index contributed by atoms with van der Waals surface area (Å²) in [5.41, 5.74) is 5.93. The summed E-state index contributed by atoms with van der Waals surface area (Å²) in [5.74, 6) is 0. The fourth-order valence-corrected chi connectivity index (χ4v) is 1.13. The zero-order valence-corrected chi connectivity index (χ0v) is 6.12. The number of hydrogen-bond donors (Lipinski definition) is 3. The zero-order chi connectivity index (χ0) is 7.56. The molecule has 0 aromatic heterocycles. The molecule has 0 atom stereocenters. The molecule has 0 unspecified atom stereocenters. The molecule has 0 saturated carbocycles. The minimum Gasteiger partial charge on any atom is -0.399 e. The van der Waals surface area contributed by atoms with E-state index in [1.165, 1.54) is 0 Å². The molecule has 4 N–H and O–H groups in total. The Morgan fingerprint density at radius 3 is 2.40 bits per heavy atom. The van der Waals surface area contributed by atoms with E-state index >= 15 is 0 Å². The van der Waals surface area contributed by atoms with Gasteiger partial charge in [0.25, 0.3) is 0 Å². The van der Waals surface area contributed by atoms with Gasteiger partial charge in [-0.25, -0.2) is 0 Å². The number of hydrogen-bond acceptors (Lipinski definition) is 3. The molecule has 0 aliphatic rings. The van der Waals surface area contributed by atoms with Crippen molar-refractivity contribution in [2.45, 2.75) is 0 Å². The number of rotatable bonds is 1. The fourth-order valence-electron chi connectivity index (χ4n) is 0.649. The number of anilines is 1. The Morgan fingerprint density at radius 2 is 2.00 bits per heavy atom. The molecule has 1 rings (SSSR count). The smallest absolute Gasteiger partial charge is 0.199 e. The van der Waals surface area contributed by atoms with Gasteiger partial charge < -0.3 is 15.5 Å². The van der Waals surface area contributed by atoms with Crippen molar-refractivity contribution in [1.29, 1.82) is 0 Å². The van der Waals surface area contributed by atoms with Crippen LogP contribution >= 0.6 is 8.38 Å². The van der Waals surface area contributed by atoms with Crippen LogP contribution in [-0.2, 0) is 0 Å². The largest absolute Gasteiger partial charge is 0.399 e. The van der Waals surface area contributed by atoms with Crippen molar-refractivity contribution in [2.24, 2.45) is 0 Å². The first kappa shape index (κ1) is 7.48. The number of benzene rings is 1. The molecule has 10 heavy (non-hydrogen) atoms. The van der Waals surface area contributed by atoms with E-state index in [0.717, 1.165) is 0 Å². The Hall–Kier alpha value is -0.630. The molecule has 54 valence electrons. The topological polar surface area (TPSA) is 66.5 Å². The maximum absolute atomic E-state index is 8.71. The van der Waals surface area contributed by atoms with Gasteiger partial charge in [0.1, 0.15) is 0 Å². The molecule has 4 heteroatoms. The Balaban J connectivity index is 2.96. The minimum absolute atomic E-state index is 0.481. The summed E-state index contributed by atoms with van der Waals surface area (Å²) in [6.45, 7) is 0. The quantitative estimate of drug-likeness (QED) is 0.402. The van der Waals surface area contributed by atoms with Gasteiger partial charge in [-0.2, -0.15) is 0 Å². The Kier molecular flexibility index (Phi) is 2.22.